The molecule has 18 atom stereocenters. The number of Topliss-reactive ketones (excluding diaryl/α,β-unsaturated/α-hetero) is 3. The van der Waals surface area contributed by atoms with Crippen LogP contribution in [0.3, 0.4) is 0 Å². The first kappa shape index (κ1) is 75.1. The Morgan fingerprint density at radius 1 is 0.733 bits per heavy atom. The Kier molecular flexibility index (Phi) is 22.7. The molecule has 0 aliphatic carbocycles. The third-order valence-electron chi connectivity index (χ3n) is 18.7. The van der Waals surface area contributed by atoms with Gasteiger partial charge in [0.05, 0.1) is 77.3 Å². The van der Waals surface area contributed by atoms with Crippen molar-refractivity contribution >= 4 is 70.1 Å². The lowest BCUT2D eigenvalue weighted by atomic mass is 9.84. The summed E-state index contributed by atoms with van der Waals surface area (Å²) in [5, 5.41) is 124. The molecule has 0 radical (unpaired) electrons. The SMILES string of the molecule is CN[C@H](CC(C)C)C(=O)C[C@H]1C(=O)N[C@@H](CC(N)=O)C(=O)C[C@H]2C(=O)N[C@H]3C(=O)C[C@H](C(=O)N[C@H](C(=O)O)c4cc(O)cc(O)c4-c4cc3ccc4O)[C@H](O)c3ccc(c(Cl)c3)Oc3cc2cc(c3OC2O[C@H](CO)[C@@H](O)[C@H](O)[C@H]2O[C@H]2C[C@](C)(N)[C@H](O)[C@H](C)O2)Oc2ccc(cc2Cl)[C@H]1O. The number of fused-ring (bicyclic) bond motifs is 15. The summed E-state index contributed by atoms with van der Waals surface area (Å²) in [5.74, 6) is -20.0. The number of likely N-dealkylation sites (N-methyl/N-ethyl adjacent to an activating group) is 1. The number of carbonyl (C=O) groups is 8. The Labute approximate surface area is 586 Å². The van der Waals surface area contributed by atoms with E-state index in [9.17, 15) is 75.0 Å². The van der Waals surface area contributed by atoms with E-state index in [1.165, 1.54) is 51.2 Å². The molecule has 2 saturated heterocycles. The van der Waals surface area contributed by atoms with Crippen LogP contribution in [-0.2, 0) is 52.6 Å². The Hall–Kier alpha value is -8.60. The highest BCUT2D eigenvalue weighted by molar-refractivity contribution is 6.32. The molecule has 0 aromatic heterocycles. The molecule has 542 valence electrons. The maximum atomic E-state index is 16.1. The Morgan fingerprint density at radius 3 is 1.95 bits per heavy atom. The molecular weight excluding hydrogens is 1370 g/mol. The maximum absolute atomic E-state index is 16.1. The summed E-state index contributed by atoms with van der Waals surface area (Å²) in [4.78, 5) is 118. The first-order valence-electron chi connectivity index (χ1n) is 32.3. The fourth-order valence-electron chi connectivity index (χ4n) is 13.3. The van der Waals surface area contributed by atoms with Crippen LogP contribution in [0.2, 0.25) is 10.0 Å². The molecule has 1 unspecified atom stereocenters. The van der Waals surface area contributed by atoms with Crippen LogP contribution >= 0.6 is 23.2 Å². The number of hydrogen-bond acceptors (Lipinski definition) is 25. The number of halogens is 2. The van der Waals surface area contributed by atoms with Gasteiger partial charge in [0.1, 0.15) is 53.1 Å². The number of phenols is 3. The summed E-state index contributed by atoms with van der Waals surface area (Å²) in [6.45, 7) is 5.77. The number of aliphatic hydroxyl groups is 6. The van der Waals surface area contributed by atoms with Crippen LogP contribution in [0.25, 0.3) is 11.1 Å². The molecule has 30 nitrogen and oxygen atoms in total. The maximum Gasteiger partial charge on any atom is 0.330 e. The molecule has 32 heteroatoms. The number of ether oxygens (including phenoxy) is 6. The molecule has 5 aromatic rings. The largest absolute Gasteiger partial charge is 0.508 e. The van der Waals surface area contributed by atoms with Gasteiger partial charge in [-0.15, -0.1) is 0 Å². The number of aliphatic carboxylic acids is 1. The number of aliphatic hydroxyl groups excluding tert-OH is 6. The van der Waals surface area contributed by atoms with Crippen molar-refractivity contribution < 1.29 is 118 Å². The fourth-order valence-corrected chi connectivity index (χ4v) is 13.7. The van der Waals surface area contributed by atoms with Crippen LogP contribution in [0.5, 0.6) is 46.0 Å². The van der Waals surface area contributed by atoms with Crippen molar-refractivity contribution in [3.05, 3.63) is 117 Å². The van der Waals surface area contributed by atoms with E-state index in [1.54, 1.807) is 0 Å². The zero-order valence-electron chi connectivity index (χ0n) is 54.9. The van der Waals surface area contributed by atoms with Crippen LogP contribution in [0.15, 0.2) is 78.9 Å². The quantitative estimate of drug-likeness (QED) is 0.0759. The highest BCUT2D eigenvalue weighted by Gasteiger charge is 2.51. The molecule has 12 rings (SSSR count). The summed E-state index contributed by atoms with van der Waals surface area (Å²) in [5.41, 5.74) is 8.61. The first-order valence-corrected chi connectivity index (χ1v) is 33.0. The van der Waals surface area contributed by atoms with E-state index in [2.05, 4.69) is 21.3 Å². The molecule has 7 aliphatic rings. The van der Waals surface area contributed by atoms with Crippen molar-refractivity contribution in [2.45, 2.75) is 163 Å². The number of nitrogens with one attached hydrogen (secondary N) is 4. The van der Waals surface area contributed by atoms with Gasteiger partial charge in [-0.3, -0.25) is 33.6 Å². The molecule has 101 heavy (non-hydrogen) atoms. The average molecular weight is 1450 g/mol. The fraction of sp³-hybridized carbons (Fsp3) is 0.449. The molecular formula is C69H78Cl2N6O24. The van der Waals surface area contributed by atoms with Gasteiger partial charge in [0.25, 0.3) is 0 Å². The van der Waals surface area contributed by atoms with E-state index in [0.29, 0.717) is 0 Å². The normalized spacial score (nSPS) is 29.6. The minimum atomic E-state index is -2.20. The number of nitrogens with two attached hydrogens (primary N) is 2. The topological polar surface area (TPSA) is 494 Å². The number of amides is 4. The van der Waals surface area contributed by atoms with Crippen LogP contribution in [0.4, 0.5) is 0 Å². The number of primary amides is 1. The Bertz CT molecular complexity index is 4060. The first-order chi connectivity index (χ1) is 47.7. The molecule has 0 saturated carbocycles. The van der Waals surface area contributed by atoms with Gasteiger partial charge in [-0.1, -0.05) is 55.2 Å². The van der Waals surface area contributed by atoms with Crippen LogP contribution in [0.1, 0.15) is 124 Å². The van der Waals surface area contributed by atoms with E-state index in [4.69, 9.17) is 63.1 Å². The molecule has 18 N–H and O–H groups in total. The van der Waals surface area contributed by atoms with Gasteiger partial charge in [0.2, 0.25) is 35.7 Å². The monoisotopic (exact) mass is 1440 g/mol. The lowest BCUT2D eigenvalue weighted by molar-refractivity contribution is -0.333. The summed E-state index contributed by atoms with van der Waals surface area (Å²) >= 11 is 14.2. The number of carboxylic acids is 1. The molecule has 11 bridgehead atoms. The third-order valence-corrected chi connectivity index (χ3v) is 19.3. The molecule has 7 heterocycles. The number of hydrogen-bond donors (Lipinski definition) is 16. The molecule has 2 fully saturated rings. The Balaban J connectivity index is 1.24. The van der Waals surface area contributed by atoms with E-state index >= 15 is 14.4 Å². The van der Waals surface area contributed by atoms with Crippen molar-refractivity contribution in [1.82, 2.24) is 21.3 Å². The van der Waals surface area contributed by atoms with E-state index in [1.807, 2.05) is 13.8 Å². The van der Waals surface area contributed by atoms with Crippen LogP contribution < -0.4 is 46.9 Å². The zero-order valence-corrected chi connectivity index (χ0v) is 56.5. The van der Waals surface area contributed by atoms with Gasteiger partial charge in [0, 0.05) is 54.0 Å². The average Bonchev–Trinajstić information content (AvgIpc) is 0.775. The Morgan fingerprint density at radius 2 is 1.37 bits per heavy atom. The smallest absolute Gasteiger partial charge is 0.330 e. The molecule has 7 aliphatic heterocycles. The number of ketones is 3. The highest BCUT2D eigenvalue weighted by Crippen LogP contribution is 2.51. The second-order valence-electron chi connectivity index (χ2n) is 26.6. The van der Waals surface area contributed by atoms with Gasteiger partial charge >= 0.3 is 5.97 Å². The summed E-state index contributed by atoms with van der Waals surface area (Å²) in [6, 6.07) is 7.24. The van der Waals surface area contributed by atoms with Crippen LogP contribution in [-0.4, -0.2) is 178 Å². The number of benzene rings is 5. The minimum absolute atomic E-state index is 0.0458. The summed E-state index contributed by atoms with van der Waals surface area (Å²) < 4.78 is 38.5. The van der Waals surface area contributed by atoms with E-state index < -0.39 is 244 Å². The summed E-state index contributed by atoms with van der Waals surface area (Å²) in [7, 11) is 1.52. The molecule has 4 amide bonds. The standard InChI is InChI=1S/C69H78Cl2N6O24/c1-26(2)12-40(74-5)43(81)21-36-57(86)29-7-10-47(38(70)14-29)97-49-16-31-17-50(61(49)101-68-62(60(89)59(88)51(25-78)99-68)100-53-24-69(4,73)63(90)27(3)96-53)98-48-11-8-30(15-39(48)71)58(87)37-22-46(84)55(76-64(91)33(31)20-44(82)41(23-52(72)85)75-65(36)92)28-6-9-42(80)34(13-28)54-35(18-32(79)19-45(54)83)56(67(94)95)77-66(37)93/h6-11,13-19,26-27,33,36-37,40-41,51,53,55-60,62-63,68,74,78-80,83,86-90H,12,20-25,73H2,1-5H3,(H2,72,85)(H,75,92)(H,76,91)(H,77,93)(H,94,95)/t27-,33+,36+,37-,40+,41-,51+,53-,55+,56-,57+,58+,59+,60-,62+,63+,68?,69-/m0/s1. The van der Waals surface area contributed by atoms with Crippen molar-refractivity contribution in [2.75, 3.05) is 13.7 Å². The second-order valence-corrected chi connectivity index (χ2v) is 27.4. The summed E-state index contributed by atoms with van der Waals surface area (Å²) in [6.07, 6.45) is -20.8. The molecule has 0 spiro atoms. The van der Waals surface area contributed by atoms with Gasteiger partial charge in [-0.2, -0.15) is 0 Å². The number of carbonyl (C=O) groups excluding carboxylic acids is 7. The van der Waals surface area contributed by atoms with Crippen molar-refractivity contribution in [2.24, 2.45) is 29.2 Å². The zero-order chi connectivity index (χ0) is 73.5. The number of carboxylic acid groups (broad SMARTS) is 1. The van der Waals surface area contributed by atoms with Gasteiger partial charge in [-0.25, -0.2) is 4.79 Å². The van der Waals surface area contributed by atoms with Gasteiger partial charge in [-0.05, 0) is 110 Å². The van der Waals surface area contributed by atoms with Crippen LogP contribution in [0, 0.1) is 17.8 Å². The van der Waals surface area contributed by atoms with E-state index in [0.717, 1.165) is 48.5 Å². The third kappa shape index (κ3) is 16.0. The van der Waals surface area contributed by atoms with Gasteiger partial charge < -0.3 is 112 Å². The van der Waals surface area contributed by atoms with Crippen molar-refractivity contribution in [3.63, 3.8) is 0 Å². The predicted octanol–water partition coefficient (Wildman–Crippen LogP) is 3.17. The lowest BCUT2D eigenvalue weighted by Crippen LogP contribution is -2.64. The van der Waals surface area contributed by atoms with E-state index in [-0.39, 0.29) is 57.5 Å². The number of aromatic hydroxyl groups is 3. The predicted molar refractivity (Wildman–Crippen MR) is 353 cm³/mol. The number of rotatable bonds is 14. The van der Waals surface area contributed by atoms with Crippen molar-refractivity contribution in [1.29, 1.82) is 0 Å². The van der Waals surface area contributed by atoms with Crippen molar-refractivity contribution in [3.8, 4) is 57.1 Å². The second kappa shape index (κ2) is 30.5. The highest BCUT2D eigenvalue weighted by atomic mass is 35.5. The number of phenolic OH excluding ortho intramolecular Hbond substituents is 3. The lowest BCUT2D eigenvalue weighted by Gasteiger charge is -2.47. The van der Waals surface area contributed by atoms with Gasteiger partial charge in [0.15, 0.2) is 47.3 Å². The molecule has 5 aromatic carbocycles. The minimum Gasteiger partial charge on any atom is -0.508 e.